The minimum absolute atomic E-state index is 0.00717. The lowest BCUT2D eigenvalue weighted by molar-refractivity contribution is -0.384. The highest BCUT2D eigenvalue weighted by molar-refractivity contribution is 6.42. The first-order valence-electron chi connectivity index (χ1n) is 6.04. The first-order chi connectivity index (χ1) is 10.0. The highest BCUT2D eigenvalue weighted by Gasteiger charge is 2.13. The summed E-state index contributed by atoms with van der Waals surface area (Å²) in [7, 11) is 1.63. The van der Waals surface area contributed by atoms with E-state index in [2.05, 4.69) is 5.32 Å². The molecule has 21 heavy (non-hydrogen) atoms. The Hall–Kier alpha value is -1.98. The highest BCUT2D eigenvalue weighted by Crippen LogP contribution is 2.28. The van der Waals surface area contributed by atoms with E-state index < -0.39 is 4.92 Å². The van der Waals surface area contributed by atoms with Crippen LogP contribution >= 0.6 is 23.2 Å². The average Bonchev–Trinajstić information content (AvgIpc) is 2.48. The monoisotopic (exact) mass is 326 g/mol. The fourth-order valence-electron chi connectivity index (χ4n) is 1.76. The Balaban J connectivity index is 2.14. The second-order valence-electron chi connectivity index (χ2n) is 4.22. The maximum atomic E-state index is 11.0. The van der Waals surface area contributed by atoms with Crippen molar-refractivity contribution in [2.75, 3.05) is 12.4 Å². The molecule has 0 aromatic heterocycles. The Labute approximate surface area is 131 Å². The minimum Gasteiger partial charge on any atom is -0.489 e. The van der Waals surface area contributed by atoms with Crippen molar-refractivity contribution in [2.45, 2.75) is 6.61 Å². The molecule has 0 aliphatic rings. The molecular weight excluding hydrogens is 315 g/mol. The summed E-state index contributed by atoms with van der Waals surface area (Å²) < 4.78 is 5.55. The number of ether oxygens (including phenoxy) is 1. The molecule has 0 saturated carbocycles. The molecule has 110 valence electrons. The summed E-state index contributed by atoms with van der Waals surface area (Å²) in [4.78, 5) is 10.5. The van der Waals surface area contributed by atoms with Crippen molar-refractivity contribution in [1.82, 2.24) is 0 Å². The van der Waals surface area contributed by atoms with Crippen molar-refractivity contribution in [1.29, 1.82) is 0 Å². The number of halogens is 2. The molecule has 2 aromatic rings. The lowest BCUT2D eigenvalue weighted by Gasteiger charge is -2.08. The number of hydrogen-bond donors (Lipinski definition) is 1. The van der Waals surface area contributed by atoms with E-state index in [1.807, 2.05) is 0 Å². The maximum Gasteiger partial charge on any atom is 0.292 e. The minimum atomic E-state index is -0.436. The number of nitro benzene ring substituents is 1. The van der Waals surface area contributed by atoms with Gasteiger partial charge in [-0.1, -0.05) is 29.3 Å². The third-order valence-corrected chi connectivity index (χ3v) is 3.56. The average molecular weight is 327 g/mol. The van der Waals surface area contributed by atoms with E-state index in [1.165, 1.54) is 6.07 Å². The van der Waals surface area contributed by atoms with E-state index in [1.54, 1.807) is 37.4 Å². The van der Waals surface area contributed by atoms with Gasteiger partial charge in [0.25, 0.3) is 5.69 Å². The number of anilines is 1. The van der Waals surface area contributed by atoms with Gasteiger partial charge in [0.1, 0.15) is 18.0 Å². The Morgan fingerprint density at radius 2 is 1.95 bits per heavy atom. The molecule has 0 saturated heterocycles. The van der Waals surface area contributed by atoms with Crippen LogP contribution in [0.15, 0.2) is 36.4 Å². The van der Waals surface area contributed by atoms with E-state index in [4.69, 9.17) is 27.9 Å². The zero-order valence-electron chi connectivity index (χ0n) is 11.1. The van der Waals surface area contributed by atoms with Gasteiger partial charge in [0.15, 0.2) is 0 Å². The molecule has 0 fully saturated rings. The smallest absolute Gasteiger partial charge is 0.292 e. The summed E-state index contributed by atoms with van der Waals surface area (Å²) in [5, 5.41) is 14.6. The van der Waals surface area contributed by atoms with Crippen LogP contribution in [0.3, 0.4) is 0 Å². The Morgan fingerprint density at radius 1 is 1.19 bits per heavy atom. The predicted octanol–water partition coefficient (Wildman–Crippen LogP) is 4.52. The van der Waals surface area contributed by atoms with Gasteiger partial charge in [0.2, 0.25) is 0 Å². The number of nitrogens with zero attached hydrogens (tertiary/aromatic N) is 1. The van der Waals surface area contributed by atoms with Crippen LogP contribution in [0.2, 0.25) is 10.0 Å². The number of benzene rings is 2. The van der Waals surface area contributed by atoms with E-state index in [-0.39, 0.29) is 12.3 Å². The molecule has 0 amide bonds. The van der Waals surface area contributed by atoms with Gasteiger partial charge in [-0.15, -0.1) is 0 Å². The van der Waals surface area contributed by atoms with Gasteiger partial charge in [0, 0.05) is 19.2 Å². The lowest BCUT2D eigenvalue weighted by Crippen LogP contribution is -2.00. The summed E-state index contributed by atoms with van der Waals surface area (Å²) in [6, 6.07) is 9.79. The van der Waals surface area contributed by atoms with Gasteiger partial charge in [-0.2, -0.15) is 0 Å². The first-order valence-corrected chi connectivity index (χ1v) is 6.80. The molecule has 1 N–H and O–H groups in total. The SMILES string of the molecule is CNc1ccc(COc2ccc(Cl)c(Cl)c2)cc1[N+](=O)[O-]. The zero-order chi connectivity index (χ0) is 15.4. The van der Waals surface area contributed by atoms with Crippen LogP contribution in [0.5, 0.6) is 5.75 Å². The molecule has 2 aromatic carbocycles. The lowest BCUT2D eigenvalue weighted by atomic mass is 10.2. The molecule has 7 heteroatoms. The Bertz CT molecular complexity index is 677. The van der Waals surface area contributed by atoms with Gasteiger partial charge in [-0.3, -0.25) is 10.1 Å². The summed E-state index contributed by atoms with van der Waals surface area (Å²) in [5.74, 6) is 0.546. The van der Waals surface area contributed by atoms with Crippen molar-refractivity contribution in [3.8, 4) is 5.75 Å². The van der Waals surface area contributed by atoms with Crippen molar-refractivity contribution >= 4 is 34.6 Å². The third kappa shape index (κ3) is 3.77. The number of nitrogens with one attached hydrogen (secondary N) is 1. The zero-order valence-corrected chi connectivity index (χ0v) is 12.6. The summed E-state index contributed by atoms with van der Waals surface area (Å²) in [5.41, 5.74) is 1.15. The van der Waals surface area contributed by atoms with Crippen molar-refractivity contribution in [2.24, 2.45) is 0 Å². The molecule has 2 rings (SSSR count). The Morgan fingerprint density at radius 3 is 2.57 bits per heavy atom. The summed E-state index contributed by atoms with van der Waals surface area (Å²) in [6.07, 6.45) is 0. The van der Waals surface area contributed by atoms with Crippen molar-refractivity contribution < 1.29 is 9.66 Å². The normalized spacial score (nSPS) is 10.2. The number of hydrogen-bond acceptors (Lipinski definition) is 4. The van der Waals surface area contributed by atoms with Crippen molar-refractivity contribution in [3.05, 3.63) is 62.1 Å². The van der Waals surface area contributed by atoms with Crippen LogP contribution in [0, 0.1) is 10.1 Å². The fraction of sp³-hybridized carbons (Fsp3) is 0.143. The molecule has 0 aliphatic carbocycles. The topological polar surface area (TPSA) is 64.4 Å². The molecule has 0 atom stereocenters. The third-order valence-electron chi connectivity index (χ3n) is 2.82. The van der Waals surface area contributed by atoms with Crippen LogP contribution in [-0.2, 0) is 6.61 Å². The Kier molecular flexibility index (Phi) is 4.88. The summed E-state index contributed by atoms with van der Waals surface area (Å²) in [6.45, 7) is 0.197. The van der Waals surface area contributed by atoms with Crippen LogP contribution in [-0.4, -0.2) is 12.0 Å². The second-order valence-corrected chi connectivity index (χ2v) is 5.04. The standard InChI is InChI=1S/C14H12Cl2N2O3/c1-17-13-5-2-9(6-14(13)18(19)20)8-21-10-3-4-11(15)12(16)7-10/h2-7,17H,8H2,1H3. The van der Waals surface area contributed by atoms with Crippen LogP contribution in [0.1, 0.15) is 5.56 Å². The maximum absolute atomic E-state index is 11.0. The van der Waals surface area contributed by atoms with Gasteiger partial charge < -0.3 is 10.1 Å². The molecule has 0 spiro atoms. The number of nitro groups is 1. The summed E-state index contributed by atoms with van der Waals surface area (Å²) >= 11 is 11.7. The van der Waals surface area contributed by atoms with Crippen LogP contribution in [0.25, 0.3) is 0 Å². The molecule has 0 unspecified atom stereocenters. The molecule has 0 heterocycles. The highest BCUT2D eigenvalue weighted by atomic mass is 35.5. The first kappa shape index (κ1) is 15.4. The van der Waals surface area contributed by atoms with Crippen LogP contribution in [0.4, 0.5) is 11.4 Å². The predicted molar refractivity (Wildman–Crippen MR) is 83.4 cm³/mol. The number of rotatable bonds is 5. The van der Waals surface area contributed by atoms with E-state index >= 15 is 0 Å². The fourth-order valence-corrected chi connectivity index (χ4v) is 2.05. The largest absolute Gasteiger partial charge is 0.489 e. The van der Waals surface area contributed by atoms with Crippen LogP contribution < -0.4 is 10.1 Å². The molecule has 0 aliphatic heterocycles. The van der Waals surface area contributed by atoms with E-state index in [9.17, 15) is 10.1 Å². The van der Waals surface area contributed by atoms with E-state index in [0.717, 1.165) is 0 Å². The van der Waals surface area contributed by atoms with Gasteiger partial charge >= 0.3 is 0 Å². The van der Waals surface area contributed by atoms with Gasteiger partial charge in [-0.05, 0) is 23.8 Å². The second kappa shape index (κ2) is 6.65. The van der Waals surface area contributed by atoms with Gasteiger partial charge in [0.05, 0.1) is 15.0 Å². The van der Waals surface area contributed by atoms with Crippen molar-refractivity contribution in [3.63, 3.8) is 0 Å². The quantitative estimate of drug-likeness (QED) is 0.648. The van der Waals surface area contributed by atoms with E-state index in [0.29, 0.717) is 27.0 Å². The molecular formula is C14H12Cl2N2O3. The molecule has 5 nitrogen and oxygen atoms in total. The molecule has 0 bridgehead atoms. The van der Waals surface area contributed by atoms with Gasteiger partial charge in [-0.25, -0.2) is 0 Å². The molecule has 0 radical (unpaired) electrons.